The van der Waals surface area contributed by atoms with Gasteiger partial charge in [0.15, 0.2) is 0 Å². The monoisotopic (exact) mass is 201 g/mol. The van der Waals surface area contributed by atoms with Crippen molar-refractivity contribution < 1.29 is 9.59 Å². The molecule has 1 aromatic rings. The minimum atomic E-state index is -1.58. The van der Waals surface area contributed by atoms with E-state index in [0.29, 0.717) is 5.56 Å². The summed E-state index contributed by atoms with van der Waals surface area (Å²) in [6.07, 6.45) is 0. The van der Waals surface area contributed by atoms with E-state index in [1.807, 2.05) is 11.4 Å². The molecule has 1 saturated heterocycles. The van der Waals surface area contributed by atoms with E-state index in [9.17, 15) is 9.59 Å². The van der Waals surface area contributed by atoms with Crippen LogP contribution in [0.5, 0.6) is 0 Å². The summed E-state index contributed by atoms with van der Waals surface area (Å²) in [6, 6.07) is 9.59. The molecule has 0 aromatic heterocycles. The molecule has 1 aliphatic rings. The van der Waals surface area contributed by atoms with Crippen molar-refractivity contribution in [1.29, 1.82) is 5.26 Å². The Kier molecular flexibility index (Phi) is 1.90. The average Bonchev–Trinajstić information content (AvgIpc) is 2.56. The Morgan fingerprint density at radius 1 is 1.20 bits per heavy atom. The van der Waals surface area contributed by atoms with Crippen LogP contribution in [0.1, 0.15) is 5.56 Å². The van der Waals surface area contributed by atoms with Crippen LogP contribution in [0.3, 0.4) is 0 Å². The zero-order valence-corrected chi connectivity index (χ0v) is 7.65. The molecular formula is C10H7N3O2. The summed E-state index contributed by atoms with van der Waals surface area (Å²) < 4.78 is 0. The van der Waals surface area contributed by atoms with Crippen molar-refractivity contribution in [3.8, 4) is 6.07 Å². The number of imide groups is 1. The summed E-state index contributed by atoms with van der Waals surface area (Å²) in [4.78, 5) is 22.5. The summed E-state index contributed by atoms with van der Waals surface area (Å²) in [5.41, 5.74) is -1.13. The second-order valence-electron chi connectivity index (χ2n) is 3.14. The predicted octanol–water partition coefficient (Wildman–Crippen LogP) is 0.245. The SMILES string of the molecule is N#CC1(c2ccccc2)NC(=O)NC1=O. The molecule has 5 nitrogen and oxygen atoms in total. The van der Waals surface area contributed by atoms with Gasteiger partial charge in [-0.05, 0) is 0 Å². The minimum absolute atomic E-state index is 0.454. The number of hydrogen-bond acceptors (Lipinski definition) is 3. The normalized spacial score (nSPS) is 24.2. The van der Waals surface area contributed by atoms with E-state index < -0.39 is 17.5 Å². The van der Waals surface area contributed by atoms with E-state index in [4.69, 9.17) is 5.26 Å². The first-order valence-electron chi connectivity index (χ1n) is 4.29. The number of nitrogens with one attached hydrogen (secondary N) is 2. The van der Waals surface area contributed by atoms with Crippen molar-refractivity contribution in [3.05, 3.63) is 35.9 Å². The molecule has 0 saturated carbocycles. The van der Waals surface area contributed by atoms with Gasteiger partial charge in [0.05, 0.1) is 0 Å². The van der Waals surface area contributed by atoms with Gasteiger partial charge in [0, 0.05) is 5.56 Å². The number of carbonyl (C=O) groups is 2. The molecule has 0 spiro atoms. The highest BCUT2D eigenvalue weighted by Gasteiger charge is 2.48. The Balaban J connectivity index is 2.53. The lowest BCUT2D eigenvalue weighted by molar-refractivity contribution is -0.122. The first kappa shape index (κ1) is 9.21. The summed E-state index contributed by atoms with van der Waals surface area (Å²) in [5.74, 6) is -0.638. The van der Waals surface area contributed by atoms with E-state index in [1.165, 1.54) is 0 Å². The number of nitriles is 1. The first-order valence-corrected chi connectivity index (χ1v) is 4.29. The summed E-state index contributed by atoms with van der Waals surface area (Å²) in [6.45, 7) is 0. The predicted molar refractivity (Wildman–Crippen MR) is 50.4 cm³/mol. The Morgan fingerprint density at radius 3 is 2.33 bits per heavy atom. The number of carbonyl (C=O) groups excluding carboxylic acids is 2. The molecule has 5 heteroatoms. The highest BCUT2D eigenvalue weighted by molar-refractivity contribution is 6.09. The Morgan fingerprint density at radius 2 is 1.87 bits per heavy atom. The van der Waals surface area contributed by atoms with Crippen LogP contribution in [-0.2, 0) is 10.3 Å². The Hall–Kier alpha value is -2.35. The molecule has 1 fully saturated rings. The summed E-state index contributed by atoms with van der Waals surface area (Å²) >= 11 is 0. The lowest BCUT2D eigenvalue weighted by atomic mass is 9.92. The van der Waals surface area contributed by atoms with Crippen molar-refractivity contribution in [2.45, 2.75) is 5.54 Å². The topological polar surface area (TPSA) is 82.0 Å². The quantitative estimate of drug-likeness (QED) is 0.639. The van der Waals surface area contributed by atoms with Crippen LogP contribution < -0.4 is 10.6 Å². The minimum Gasteiger partial charge on any atom is -0.308 e. The molecule has 74 valence electrons. The van der Waals surface area contributed by atoms with Gasteiger partial charge in [-0.2, -0.15) is 5.26 Å². The standard InChI is InChI=1S/C10H7N3O2/c11-6-10(7-4-2-1-3-5-7)8(14)12-9(15)13-10/h1-5H,(H2,12,13,14,15). The number of amides is 3. The number of hydrogen-bond donors (Lipinski definition) is 2. The lowest BCUT2D eigenvalue weighted by Crippen LogP contribution is -2.42. The highest BCUT2D eigenvalue weighted by Crippen LogP contribution is 2.23. The molecule has 1 aromatic carbocycles. The number of nitrogens with zero attached hydrogens (tertiary/aromatic N) is 1. The van der Waals surface area contributed by atoms with Crippen molar-refractivity contribution in [2.75, 3.05) is 0 Å². The molecule has 2 N–H and O–H groups in total. The van der Waals surface area contributed by atoms with Crippen molar-refractivity contribution in [1.82, 2.24) is 10.6 Å². The van der Waals surface area contributed by atoms with Crippen LogP contribution in [0.25, 0.3) is 0 Å². The second kappa shape index (κ2) is 3.10. The summed E-state index contributed by atoms with van der Waals surface area (Å²) in [5, 5.41) is 13.4. The Labute approximate surface area is 85.7 Å². The smallest absolute Gasteiger partial charge is 0.308 e. The van der Waals surface area contributed by atoms with Gasteiger partial charge in [0.1, 0.15) is 6.07 Å². The highest BCUT2D eigenvalue weighted by atomic mass is 16.2. The van der Waals surface area contributed by atoms with Gasteiger partial charge >= 0.3 is 6.03 Å². The van der Waals surface area contributed by atoms with Crippen molar-refractivity contribution >= 4 is 11.9 Å². The van der Waals surface area contributed by atoms with Crippen LogP contribution in [0, 0.1) is 11.3 Å². The zero-order chi connectivity index (χ0) is 10.9. The molecule has 0 aliphatic carbocycles. The van der Waals surface area contributed by atoms with Crippen LogP contribution in [0.2, 0.25) is 0 Å². The van der Waals surface area contributed by atoms with Crippen LogP contribution >= 0.6 is 0 Å². The molecule has 1 unspecified atom stereocenters. The molecule has 0 radical (unpaired) electrons. The zero-order valence-electron chi connectivity index (χ0n) is 7.65. The van der Waals surface area contributed by atoms with Gasteiger partial charge in [-0.15, -0.1) is 0 Å². The second-order valence-corrected chi connectivity index (χ2v) is 3.14. The van der Waals surface area contributed by atoms with Gasteiger partial charge in [-0.3, -0.25) is 10.1 Å². The third-order valence-corrected chi connectivity index (χ3v) is 2.24. The first-order chi connectivity index (χ1) is 7.19. The fourth-order valence-electron chi connectivity index (χ4n) is 1.49. The van der Waals surface area contributed by atoms with Gasteiger partial charge in [0.25, 0.3) is 5.91 Å². The maximum atomic E-state index is 11.5. The molecule has 3 amide bonds. The number of rotatable bonds is 1. The maximum absolute atomic E-state index is 11.5. The van der Waals surface area contributed by atoms with Crippen LogP contribution in [0.15, 0.2) is 30.3 Å². The van der Waals surface area contributed by atoms with Gasteiger partial charge in [-0.1, -0.05) is 30.3 Å². The Bertz CT molecular complexity index is 463. The van der Waals surface area contributed by atoms with Crippen LogP contribution in [0.4, 0.5) is 4.79 Å². The van der Waals surface area contributed by atoms with Gasteiger partial charge in [0.2, 0.25) is 5.54 Å². The van der Waals surface area contributed by atoms with Gasteiger partial charge < -0.3 is 5.32 Å². The fraction of sp³-hybridized carbons (Fsp3) is 0.100. The summed E-state index contributed by atoms with van der Waals surface area (Å²) in [7, 11) is 0. The third-order valence-electron chi connectivity index (χ3n) is 2.24. The maximum Gasteiger partial charge on any atom is 0.323 e. The molecule has 1 heterocycles. The third kappa shape index (κ3) is 1.23. The van der Waals surface area contributed by atoms with E-state index in [1.54, 1.807) is 30.3 Å². The molecule has 0 bridgehead atoms. The van der Waals surface area contributed by atoms with E-state index in [2.05, 4.69) is 5.32 Å². The van der Waals surface area contributed by atoms with Crippen LogP contribution in [-0.4, -0.2) is 11.9 Å². The fourth-order valence-corrected chi connectivity index (χ4v) is 1.49. The van der Waals surface area contributed by atoms with E-state index in [0.717, 1.165) is 0 Å². The number of urea groups is 1. The lowest BCUT2D eigenvalue weighted by Gasteiger charge is -2.17. The number of benzene rings is 1. The van der Waals surface area contributed by atoms with E-state index >= 15 is 0 Å². The van der Waals surface area contributed by atoms with Crippen molar-refractivity contribution in [2.24, 2.45) is 0 Å². The molecule has 2 rings (SSSR count). The molecule has 1 atom stereocenters. The van der Waals surface area contributed by atoms with E-state index in [-0.39, 0.29) is 0 Å². The largest absolute Gasteiger partial charge is 0.323 e. The molecule has 15 heavy (non-hydrogen) atoms. The molecule has 1 aliphatic heterocycles. The van der Waals surface area contributed by atoms with Crippen molar-refractivity contribution in [3.63, 3.8) is 0 Å². The average molecular weight is 201 g/mol. The van der Waals surface area contributed by atoms with Gasteiger partial charge in [-0.25, -0.2) is 4.79 Å². The molecular weight excluding hydrogens is 194 g/mol.